The molecule has 0 unspecified atom stereocenters. The van der Waals surface area contributed by atoms with Crippen LogP contribution in [-0.4, -0.2) is 31.4 Å². The van der Waals surface area contributed by atoms with Gasteiger partial charge in [0.15, 0.2) is 5.78 Å². The second-order valence-electron chi connectivity index (χ2n) is 7.96. The van der Waals surface area contributed by atoms with Crippen LogP contribution in [0, 0.1) is 0 Å². The third-order valence-corrected chi connectivity index (χ3v) is 5.59. The van der Waals surface area contributed by atoms with E-state index in [-0.39, 0.29) is 24.5 Å². The molecule has 5 nitrogen and oxygen atoms in total. The van der Waals surface area contributed by atoms with Crippen molar-refractivity contribution in [3.63, 3.8) is 0 Å². The molecule has 1 amide bonds. The Kier molecular flexibility index (Phi) is 8.45. The van der Waals surface area contributed by atoms with Crippen molar-refractivity contribution < 1.29 is 19.2 Å². The van der Waals surface area contributed by atoms with Crippen LogP contribution in [0.4, 0.5) is 0 Å². The van der Waals surface area contributed by atoms with E-state index in [4.69, 9.17) is 4.74 Å². The summed E-state index contributed by atoms with van der Waals surface area (Å²) in [5, 5.41) is 2.92. The van der Waals surface area contributed by atoms with Crippen LogP contribution >= 0.6 is 0 Å². The first-order valence-electron chi connectivity index (χ1n) is 11.1. The molecule has 160 valence electrons. The highest BCUT2D eigenvalue weighted by Gasteiger charge is 2.14. The molecule has 2 aromatic carbocycles. The molecule has 0 aliphatic carbocycles. The van der Waals surface area contributed by atoms with Crippen LogP contribution in [0.3, 0.4) is 0 Å². The number of carbonyl (C=O) groups excluding carboxylic acids is 2. The number of nitrogens with one attached hydrogen (secondary N) is 2. The molecule has 0 bridgehead atoms. The van der Waals surface area contributed by atoms with Crippen LogP contribution < -0.4 is 15.0 Å². The first kappa shape index (κ1) is 22.0. The van der Waals surface area contributed by atoms with Gasteiger partial charge in [-0.2, -0.15) is 0 Å². The van der Waals surface area contributed by atoms with Gasteiger partial charge in [0, 0.05) is 30.5 Å². The van der Waals surface area contributed by atoms with Gasteiger partial charge >= 0.3 is 0 Å². The number of amides is 1. The van der Waals surface area contributed by atoms with Crippen molar-refractivity contribution in [2.45, 2.75) is 52.1 Å². The molecule has 0 aromatic heterocycles. The van der Waals surface area contributed by atoms with E-state index in [1.807, 2.05) is 6.92 Å². The average molecular weight is 410 g/mol. The number of quaternary nitrogens is 1. The van der Waals surface area contributed by atoms with E-state index < -0.39 is 0 Å². The minimum absolute atomic E-state index is 0.0298. The fraction of sp³-hybridized carbons (Fsp3) is 0.440. The fourth-order valence-electron chi connectivity index (χ4n) is 3.86. The molecule has 2 N–H and O–H groups in total. The molecule has 30 heavy (non-hydrogen) atoms. The molecule has 0 spiro atoms. The Hall–Kier alpha value is -2.66. The number of piperidine rings is 1. The zero-order valence-corrected chi connectivity index (χ0v) is 17.9. The summed E-state index contributed by atoms with van der Waals surface area (Å²) < 4.78 is 5.38. The Balaban J connectivity index is 1.38. The van der Waals surface area contributed by atoms with Crippen LogP contribution in [0.1, 0.15) is 60.5 Å². The zero-order chi connectivity index (χ0) is 21.2. The molecule has 1 aliphatic heterocycles. The van der Waals surface area contributed by atoms with E-state index in [0.717, 1.165) is 17.9 Å². The number of hydrogen-bond donors (Lipinski definition) is 2. The van der Waals surface area contributed by atoms with Crippen LogP contribution in [0.2, 0.25) is 0 Å². The van der Waals surface area contributed by atoms with Gasteiger partial charge in [0.2, 0.25) is 5.91 Å². The summed E-state index contributed by atoms with van der Waals surface area (Å²) in [4.78, 5) is 26.1. The van der Waals surface area contributed by atoms with Gasteiger partial charge in [-0.1, -0.05) is 24.3 Å². The summed E-state index contributed by atoms with van der Waals surface area (Å²) in [7, 11) is 0. The number of benzene rings is 2. The molecule has 1 saturated heterocycles. The molecule has 0 radical (unpaired) electrons. The van der Waals surface area contributed by atoms with E-state index in [2.05, 4.69) is 29.6 Å². The van der Waals surface area contributed by atoms with Gasteiger partial charge in [0.05, 0.1) is 19.7 Å². The molecule has 1 aliphatic rings. The van der Waals surface area contributed by atoms with Gasteiger partial charge in [0.1, 0.15) is 12.3 Å². The monoisotopic (exact) mass is 409 g/mol. The lowest BCUT2D eigenvalue weighted by atomic mass is 10.1. The van der Waals surface area contributed by atoms with Gasteiger partial charge in [0.25, 0.3) is 0 Å². The lowest BCUT2D eigenvalue weighted by molar-refractivity contribution is -0.918. The highest BCUT2D eigenvalue weighted by Crippen LogP contribution is 2.14. The molecule has 5 heteroatoms. The van der Waals surface area contributed by atoms with Gasteiger partial charge in [-0.15, -0.1) is 0 Å². The molecule has 3 rings (SSSR count). The van der Waals surface area contributed by atoms with Crippen molar-refractivity contribution in [1.29, 1.82) is 0 Å². The normalized spacial score (nSPS) is 14.3. The van der Waals surface area contributed by atoms with Gasteiger partial charge < -0.3 is 15.0 Å². The van der Waals surface area contributed by atoms with Crippen LogP contribution in [0.15, 0.2) is 48.5 Å². The highest BCUT2D eigenvalue weighted by molar-refractivity contribution is 5.98. The summed E-state index contributed by atoms with van der Waals surface area (Å²) in [6, 6.07) is 15.6. The molecule has 0 saturated carbocycles. The first-order chi connectivity index (χ1) is 14.6. The molecule has 0 atom stereocenters. The third-order valence-electron chi connectivity index (χ3n) is 5.59. The van der Waals surface area contributed by atoms with Crippen molar-refractivity contribution in [2.75, 3.05) is 19.7 Å². The van der Waals surface area contributed by atoms with Crippen molar-refractivity contribution in [3.8, 4) is 5.75 Å². The number of likely N-dealkylation sites (tertiary alicyclic amines) is 1. The highest BCUT2D eigenvalue weighted by atomic mass is 16.5. The lowest BCUT2D eigenvalue weighted by Crippen LogP contribution is -3.11. The minimum atomic E-state index is -0.101. The predicted molar refractivity (Wildman–Crippen MR) is 118 cm³/mol. The van der Waals surface area contributed by atoms with Crippen molar-refractivity contribution in [3.05, 3.63) is 65.2 Å². The standard InChI is InChI=1S/C25H32N2O3/c1-2-30-23-12-10-22(11-13-23)24(28)14-15-25(29)26-18-20-6-8-21(9-7-20)19-27-16-4-3-5-17-27/h6-13H,2-5,14-19H2,1H3,(H,26,29)/p+1. The van der Waals surface area contributed by atoms with Crippen molar-refractivity contribution in [2.24, 2.45) is 0 Å². The second-order valence-corrected chi connectivity index (χ2v) is 7.96. The van der Waals surface area contributed by atoms with Crippen LogP contribution in [0.25, 0.3) is 0 Å². The summed E-state index contributed by atoms with van der Waals surface area (Å²) in [6.45, 7) is 6.63. The fourth-order valence-corrected chi connectivity index (χ4v) is 3.86. The van der Waals surface area contributed by atoms with E-state index in [1.165, 1.54) is 37.9 Å². The van der Waals surface area contributed by atoms with Crippen molar-refractivity contribution >= 4 is 11.7 Å². The number of hydrogen-bond acceptors (Lipinski definition) is 3. The number of ether oxygens (including phenoxy) is 1. The zero-order valence-electron chi connectivity index (χ0n) is 17.9. The SMILES string of the molecule is CCOc1ccc(C(=O)CCC(=O)NCc2ccc(C[NH+]3CCCCC3)cc2)cc1. The number of carbonyl (C=O) groups is 2. The lowest BCUT2D eigenvalue weighted by Gasteiger charge is -2.23. The third kappa shape index (κ3) is 6.99. The molecular formula is C25H33N2O3+. The van der Waals surface area contributed by atoms with E-state index >= 15 is 0 Å². The van der Waals surface area contributed by atoms with Gasteiger partial charge in [-0.3, -0.25) is 9.59 Å². The van der Waals surface area contributed by atoms with E-state index in [9.17, 15) is 9.59 Å². The number of ketones is 1. The maximum absolute atomic E-state index is 12.3. The maximum Gasteiger partial charge on any atom is 0.220 e. The van der Waals surface area contributed by atoms with Crippen molar-refractivity contribution in [1.82, 2.24) is 5.32 Å². The Morgan fingerprint density at radius 1 is 0.900 bits per heavy atom. The smallest absolute Gasteiger partial charge is 0.220 e. The summed E-state index contributed by atoms with van der Waals surface area (Å²) in [5.41, 5.74) is 3.04. The summed E-state index contributed by atoms with van der Waals surface area (Å²) >= 11 is 0. The Morgan fingerprint density at radius 2 is 1.57 bits per heavy atom. The Labute approximate surface area is 179 Å². The van der Waals surface area contributed by atoms with Crippen LogP contribution in [-0.2, 0) is 17.9 Å². The summed E-state index contributed by atoms with van der Waals surface area (Å²) in [5.74, 6) is 0.615. The van der Waals surface area contributed by atoms with E-state index in [1.54, 1.807) is 29.2 Å². The quantitative estimate of drug-likeness (QED) is 0.593. The minimum Gasteiger partial charge on any atom is -0.494 e. The molecule has 2 aromatic rings. The van der Waals surface area contributed by atoms with Gasteiger partial charge in [-0.25, -0.2) is 0 Å². The Morgan fingerprint density at radius 3 is 2.23 bits per heavy atom. The second kappa shape index (κ2) is 11.5. The van der Waals surface area contributed by atoms with Gasteiger partial charge in [-0.05, 0) is 56.0 Å². The van der Waals surface area contributed by atoms with E-state index in [0.29, 0.717) is 18.7 Å². The van der Waals surface area contributed by atoms with Crippen LogP contribution in [0.5, 0.6) is 5.75 Å². The summed E-state index contributed by atoms with van der Waals surface area (Å²) in [6.07, 6.45) is 4.44. The average Bonchev–Trinajstić information content (AvgIpc) is 2.78. The Bertz CT molecular complexity index is 809. The molecule has 1 heterocycles. The molecular weight excluding hydrogens is 376 g/mol. The topological polar surface area (TPSA) is 59.8 Å². The largest absolute Gasteiger partial charge is 0.494 e. The number of Topliss-reactive ketones (excluding diaryl/α,β-unsaturated/α-hetero) is 1. The number of rotatable bonds is 10. The maximum atomic E-state index is 12.3. The predicted octanol–water partition coefficient (Wildman–Crippen LogP) is 2.93. The first-order valence-corrected chi connectivity index (χ1v) is 11.1. The molecule has 1 fully saturated rings.